The SMILES string of the molecule is COC(=O)COCCOCCOCCOCCOCC(=O)O. The number of esters is 1. The van der Waals surface area contributed by atoms with Gasteiger partial charge in [0.2, 0.25) is 0 Å². The first kappa shape index (κ1) is 20.7. The van der Waals surface area contributed by atoms with Crippen LogP contribution in [-0.4, -0.2) is 90.2 Å². The Morgan fingerprint density at radius 3 is 1.41 bits per heavy atom. The molecule has 1 N–H and O–H groups in total. The summed E-state index contributed by atoms with van der Waals surface area (Å²) in [6.07, 6.45) is 0. The lowest BCUT2D eigenvalue weighted by Crippen LogP contribution is -2.16. The van der Waals surface area contributed by atoms with Crippen molar-refractivity contribution in [3.05, 3.63) is 0 Å². The van der Waals surface area contributed by atoms with Gasteiger partial charge in [0.25, 0.3) is 0 Å². The molecular formula is C13H24O9. The van der Waals surface area contributed by atoms with Gasteiger partial charge in [-0.25, -0.2) is 9.59 Å². The van der Waals surface area contributed by atoms with Gasteiger partial charge in [-0.15, -0.1) is 0 Å². The van der Waals surface area contributed by atoms with Gasteiger partial charge in [0, 0.05) is 0 Å². The molecule has 0 saturated heterocycles. The van der Waals surface area contributed by atoms with Gasteiger partial charge in [0.1, 0.15) is 13.2 Å². The minimum atomic E-state index is -1.00. The van der Waals surface area contributed by atoms with Gasteiger partial charge in [-0.2, -0.15) is 0 Å². The Labute approximate surface area is 129 Å². The van der Waals surface area contributed by atoms with Crippen LogP contribution in [-0.2, 0) is 38.0 Å². The molecule has 0 aliphatic rings. The summed E-state index contributed by atoms with van der Waals surface area (Å²) in [6, 6.07) is 0. The van der Waals surface area contributed by atoms with Crippen molar-refractivity contribution in [2.24, 2.45) is 0 Å². The Morgan fingerprint density at radius 1 is 0.682 bits per heavy atom. The van der Waals surface area contributed by atoms with Crippen molar-refractivity contribution >= 4 is 11.9 Å². The largest absolute Gasteiger partial charge is 0.480 e. The normalized spacial score (nSPS) is 10.6. The predicted molar refractivity (Wildman–Crippen MR) is 73.7 cm³/mol. The third-order valence-corrected chi connectivity index (χ3v) is 2.16. The second kappa shape index (κ2) is 16.1. The van der Waals surface area contributed by atoms with Crippen LogP contribution in [0.3, 0.4) is 0 Å². The van der Waals surface area contributed by atoms with E-state index in [1.54, 1.807) is 0 Å². The van der Waals surface area contributed by atoms with Crippen LogP contribution >= 0.6 is 0 Å². The molecule has 0 saturated carbocycles. The summed E-state index contributed by atoms with van der Waals surface area (Å²) in [5, 5.41) is 8.31. The standard InChI is InChI=1S/C13H24O9/c1-17-13(16)11-22-9-7-20-5-3-18-2-4-19-6-8-21-10-12(14)15/h2-11H2,1H3,(H,14,15). The fourth-order valence-corrected chi connectivity index (χ4v) is 1.15. The van der Waals surface area contributed by atoms with Gasteiger partial charge in [0.15, 0.2) is 0 Å². The number of carbonyl (C=O) groups excluding carboxylic acids is 1. The van der Waals surface area contributed by atoms with Crippen LogP contribution < -0.4 is 0 Å². The summed E-state index contributed by atoms with van der Waals surface area (Å²) in [5.74, 6) is -1.42. The Bertz CT molecular complexity index is 283. The Morgan fingerprint density at radius 2 is 1.05 bits per heavy atom. The van der Waals surface area contributed by atoms with E-state index in [0.717, 1.165) is 0 Å². The summed E-state index contributed by atoms with van der Waals surface area (Å²) in [4.78, 5) is 20.8. The maximum Gasteiger partial charge on any atom is 0.331 e. The van der Waals surface area contributed by atoms with E-state index in [2.05, 4.69) is 4.74 Å². The van der Waals surface area contributed by atoms with Crippen LogP contribution in [0.5, 0.6) is 0 Å². The second-order valence-electron chi connectivity index (χ2n) is 3.91. The number of hydrogen-bond donors (Lipinski definition) is 1. The summed E-state index contributed by atoms with van der Waals surface area (Å²) in [6.45, 7) is 2.52. The van der Waals surface area contributed by atoms with E-state index in [9.17, 15) is 9.59 Å². The van der Waals surface area contributed by atoms with Gasteiger partial charge in [0.05, 0.1) is 60.0 Å². The van der Waals surface area contributed by atoms with Crippen molar-refractivity contribution in [2.45, 2.75) is 0 Å². The van der Waals surface area contributed by atoms with Gasteiger partial charge >= 0.3 is 11.9 Å². The van der Waals surface area contributed by atoms with E-state index in [1.165, 1.54) is 7.11 Å². The Kier molecular flexibility index (Phi) is 15.2. The van der Waals surface area contributed by atoms with Gasteiger partial charge < -0.3 is 33.5 Å². The molecule has 0 aromatic heterocycles. The molecule has 9 heteroatoms. The first-order valence-electron chi connectivity index (χ1n) is 6.84. The molecule has 0 aromatic carbocycles. The van der Waals surface area contributed by atoms with E-state index in [1.807, 2.05) is 0 Å². The molecule has 0 unspecified atom stereocenters. The fourth-order valence-electron chi connectivity index (χ4n) is 1.15. The van der Waals surface area contributed by atoms with Crippen molar-refractivity contribution in [2.75, 3.05) is 73.2 Å². The topological polar surface area (TPSA) is 110 Å². The van der Waals surface area contributed by atoms with Crippen molar-refractivity contribution in [3.63, 3.8) is 0 Å². The summed E-state index contributed by atoms with van der Waals surface area (Å²) in [7, 11) is 1.30. The van der Waals surface area contributed by atoms with E-state index < -0.39 is 11.9 Å². The summed E-state index contributed by atoms with van der Waals surface area (Å²) >= 11 is 0. The molecule has 0 aliphatic heterocycles. The monoisotopic (exact) mass is 324 g/mol. The molecule has 0 bridgehead atoms. The van der Waals surface area contributed by atoms with Crippen molar-refractivity contribution < 1.29 is 43.1 Å². The molecule has 0 amide bonds. The molecule has 0 atom stereocenters. The van der Waals surface area contributed by atoms with Gasteiger partial charge in [-0.3, -0.25) is 0 Å². The molecular weight excluding hydrogens is 300 g/mol. The minimum absolute atomic E-state index is 0.0795. The maximum absolute atomic E-state index is 10.7. The zero-order valence-electron chi connectivity index (χ0n) is 12.8. The van der Waals surface area contributed by atoms with E-state index in [-0.39, 0.29) is 19.8 Å². The zero-order valence-corrected chi connectivity index (χ0v) is 12.8. The first-order valence-corrected chi connectivity index (χ1v) is 6.84. The summed E-state index contributed by atoms with van der Waals surface area (Å²) in [5.41, 5.74) is 0. The van der Waals surface area contributed by atoms with Crippen LogP contribution in [0, 0.1) is 0 Å². The van der Waals surface area contributed by atoms with Crippen LogP contribution in [0.25, 0.3) is 0 Å². The Balaban J connectivity index is 3.02. The lowest BCUT2D eigenvalue weighted by Gasteiger charge is -2.07. The molecule has 0 heterocycles. The summed E-state index contributed by atoms with van der Waals surface area (Å²) < 4.78 is 29.8. The highest BCUT2D eigenvalue weighted by atomic mass is 16.6. The predicted octanol–water partition coefficient (Wildman–Crippen LogP) is -0.673. The zero-order chi connectivity index (χ0) is 16.5. The van der Waals surface area contributed by atoms with Crippen molar-refractivity contribution in [3.8, 4) is 0 Å². The van der Waals surface area contributed by atoms with Crippen LogP contribution in [0.15, 0.2) is 0 Å². The first-order chi connectivity index (χ1) is 10.7. The number of rotatable bonds is 16. The number of ether oxygens (including phenoxy) is 6. The van der Waals surface area contributed by atoms with Crippen LogP contribution in [0.4, 0.5) is 0 Å². The van der Waals surface area contributed by atoms with Gasteiger partial charge in [-0.1, -0.05) is 0 Å². The molecule has 22 heavy (non-hydrogen) atoms. The molecule has 0 rings (SSSR count). The van der Waals surface area contributed by atoms with Crippen LogP contribution in [0.2, 0.25) is 0 Å². The number of methoxy groups -OCH3 is 1. The lowest BCUT2D eigenvalue weighted by atomic mass is 10.6. The number of carboxylic acid groups (broad SMARTS) is 1. The average molecular weight is 324 g/mol. The van der Waals surface area contributed by atoms with E-state index >= 15 is 0 Å². The Hall–Kier alpha value is -1.26. The molecule has 0 radical (unpaired) electrons. The third kappa shape index (κ3) is 16.8. The molecule has 0 spiro atoms. The highest BCUT2D eigenvalue weighted by Crippen LogP contribution is 1.84. The quantitative estimate of drug-likeness (QED) is 0.292. The number of carbonyl (C=O) groups is 2. The van der Waals surface area contributed by atoms with E-state index in [0.29, 0.717) is 46.2 Å². The van der Waals surface area contributed by atoms with E-state index in [4.69, 9.17) is 28.8 Å². The molecule has 9 nitrogen and oxygen atoms in total. The van der Waals surface area contributed by atoms with Crippen LogP contribution in [0.1, 0.15) is 0 Å². The molecule has 0 fully saturated rings. The molecule has 0 aromatic rings. The number of aliphatic carboxylic acids is 1. The lowest BCUT2D eigenvalue weighted by molar-refractivity contribution is -0.146. The smallest absolute Gasteiger partial charge is 0.331 e. The fraction of sp³-hybridized carbons (Fsp3) is 0.846. The highest BCUT2D eigenvalue weighted by Gasteiger charge is 1.99. The van der Waals surface area contributed by atoms with Crippen molar-refractivity contribution in [1.29, 1.82) is 0 Å². The second-order valence-corrected chi connectivity index (χ2v) is 3.91. The minimum Gasteiger partial charge on any atom is -0.480 e. The molecule has 130 valence electrons. The number of carboxylic acids is 1. The number of hydrogen-bond acceptors (Lipinski definition) is 8. The average Bonchev–Trinajstić information content (AvgIpc) is 2.50. The van der Waals surface area contributed by atoms with Crippen molar-refractivity contribution in [1.82, 2.24) is 0 Å². The molecule has 0 aliphatic carbocycles. The highest BCUT2D eigenvalue weighted by molar-refractivity contribution is 5.70. The van der Waals surface area contributed by atoms with Gasteiger partial charge in [-0.05, 0) is 0 Å². The third-order valence-electron chi connectivity index (χ3n) is 2.16. The maximum atomic E-state index is 10.7.